The van der Waals surface area contributed by atoms with Crippen LogP contribution in [0.15, 0.2) is 23.1 Å². The quantitative estimate of drug-likeness (QED) is 0.654. The molecular weight excluding hydrogens is 280 g/mol. The van der Waals surface area contributed by atoms with E-state index >= 15 is 0 Å². The summed E-state index contributed by atoms with van der Waals surface area (Å²) in [5.74, 6) is -0.360. The molecule has 1 saturated heterocycles. The summed E-state index contributed by atoms with van der Waals surface area (Å²) in [6.07, 6.45) is 1.37. The fourth-order valence-corrected chi connectivity index (χ4v) is 3.06. The summed E-state index contributed by atoms with van der Waals surface area (Å²) in [4.78, 5) is 13.1. The largest absolute Gasteiger partial charge is 0.398 e. The molecule has 1 aromatic carbocycles. The number of amides is 1. The molecule has 0 bridgehead atoms. The van der Waals surface area contributed by atoms with E-state index < -0.39 is 10.0 Å². The Morgan fingerprint density at radius 2 is 1.85 bits per heavy atom. The van der Waals surface area contributed by atoms with Crippen molar-refractivity contribution < 1.29 is 13.2 Å². The average molecular weight is 298 g/mol. The van der Waals surface area contributed by atoms with Crippen LogP contribution in [0.2, 0.25) is 0 Å². The Bertz CT molecular complexity index is 622. The first-order chi connectivity index (χ1) is 9.29. The third kappa shape index (κ3) is 3.02. The predicted octanol–water partition coefficient (Wildman–Crippen LogP) is -0.382. The fraction of sp³-hybridized carbons (Fsp3) is 0.417. The van der Waals surface area contributed by atoms with E-state index in [9.17, 15) is 13.2 Å². The van der Waals surface area contributed by atoms with E-state index in [-0.39, 0.29) is 22.4 Å². The normalized spacial score (nSPS) is 17.1. The van der Waals surface area contributed by atoms with Crippen LogP contribution in [0.1, 0.15) is 12.8 Å². The minimum atomic E-state index is -3.81. The lowest BCUT2D eigenvalue weighted by atomic mass is 9.96. The molecule has 1 aliphatic rings. The number of piperidine rings is 1. The maximum absolute atomic E-state index is 11.3. The molecule has 1 amide bonds. The molecule has 20 heavy (non-hydrogen) atoms. The molecule has 0 spiro atoms. The Hall–Kier alpha value is -1.80. The number of benzene rings is 1. The van der Waals surface area contributed by atoms with Crippen LogP contribution < -0.4 is 21.5 Å². The minimum absolute atomic E-state index is 0.0757. The standard InChI is InChI=1S/C12H18N4O3S/c13-10-7-9(1-2-11(10)20(15,18)19)16-5-3-8(4-6-16)12(14)17/h1-2,7-8H,3-6,13H2,(H2,14,17)(H2,15,18,19). The second kappa shape index (κ2) is 5.29. The Kier molecular flexibility index (Phi) is 3.87. The van der Waals surface area contributed by atoms with E-state index in [1.807, 2.05) is 4.90 Å². The number of sulfonamides is 1. The van der Waals surface area contributed by atoms with Crippen molar-refractivity contribution in [2.75, 3.05) is 23.7 Å². The summed E-state index contributed by atoms with van der Waals surface area (Å²) in [6, 6.07) is 4.66. The molecule has 1 fully saturated rings. The molecule has 0 aliphatic carbocycles. The highest BCUT2D eigenvalue weighted by Crippen LogP contribution is 2.27. The van der Waals surface area contributed by atoms with Crippen molar-refractivity contribution >= 4 is 27.3 Å². The van der Waals surface area contributed by atoms with Crippen molar-refractivity contribution in [1.82, 2.24) is 0 Å². The molecular formula is C12H18N4O3S. The number of hydrogen-bond donors (Lipinski definition) is 3. The molecule has 110 valence electrons. The Morgan fingerprint density at radius 3 is 2.30 bits per heavy atom. The summed E-state index contributed by atoms with van der Waals surface area (Å²) in [5, 5.41) is 5.06. The number of nitrogen functional groups attached to an aromatic ring is 1. The summed E-state index contributed by atoms with van der Waals surface area (Å²) in [7, 11) is -3.81. The Labute approximate surface area is 117 Å². The molecule has 0 radical (unpaired) electrons. The first kappa shape index (κ1) is 14.6. The lowest BCUT2D eigenvalue weighted by Gasteiger charge is -2.32. The van der Waals surface area contributed by atoms with Gasteiger partial charge in [-0.2, -0.15) is 0 Å². The van der Waals surface area contributed by atoms with Gasteiger partial charge in [0.2, 0.25) is 15.9 Å². The van der Waals surface area contributed by atoms with Crippen LogP contribution in [0.5, 0.6) is 0 Å². The number of carbonyl (C=O) groups excluding carboxylic acids is 1. The zero-order valence-corrected chi connectivity index (χ0v) is 11.8. The molecule has 1 aliphatic heterocycles. The fourth-order valence-electron chi connectivity index (χ4n) is 2.41. The van der Waals surface area contributed by atoms with Gasteiger partial charge in [0, 0.05) is 24.7 Å². The number of rotatable bonds is 3. The maximum Gasteiger partial charge on any atom is 0.240 e. The number of nitrogens with zero attached hydrogens (tertiary/aromatic N) is 1. The molecule has 7 nitrogen and oxygen atoms in total. The number of carbonyl (C=O) groups is 1. The smallest absolute Gasteiger partial charge is 0.240 e. The second-order valence-corrected chi connectivity index (χ2v) is 6.46. The Morgan fingerprint density at radius 1 is 1.25 bits per heavy atom. The van der Waals surface area contributed by atoms with E-state index in [1.54, 1.807) is 12.1 Å². The van der Waals surface area contributed by atoms with Gasteiger partial charge in [-0.25, -0.2) is 13.6 Å². The monoisotopic (exact) mass is 298 g/mol. The van der Waals surface area contributed by atoms with Gasteiger partial charge in [0.15, 0.2) is 0 Å². The maximum atomic E-state index is 11.3. The van der Waals surface area contributed by atoms with Crippen LogP contribution >= 0.6 is 0 Å². The summed E-state index contributed by atoms with van der Waals surface area (Å²) < 4.78 is 22.6. The van der Waals surface area contributed by atoms with E-state index in [4.69, 9.17) is 16.6 Å². The average Bonchev–Trinajstić information content (AvgIpc) is 2.37. The van der Waals surface area contributed by atoms with Crippen LogP contribution in [-0.4, -0.2) is 27.4 Å². The predicted molar refractivity (Wildman–Crippen MR) is 76.4 cm³/mol. The molecule has 0 aromatic heterocycles. The zero-order valence-electron chi connectivity index (χ0n) is 11.0. The second-order valence-electron chi connectivity index (χ2n) is 4.93. The van der Waals surface area contributed by atoms with Crippen LogP contribution in [0.3, 0.4) is 0 Å². The van der Waals surface area contributed by atoms with E-state index in [1.165, 1.54) is 6.07 Å². The molecule has 0 atom stereocenters. The Balaban J connectivity index is 2.16. The number of primary sulfonamides is 1. The highest BCUT2D eigenvalue weighted by molar-refractivity contribution is 7.89. The van der Waals surface area contributed by atoms with Gasteiger partial charge >= 0.3 is 0 Å². The van der Waals surface area contributed by atoms with Gasteiger partial charge in [-0.3, -0.25) is 4.79 Å². The topological polar surface area (TPSA) is 133 Å². The van der Waals surface area contributed by atoms with Crippen molar-refractivity contribution in [3.63, 3.8) is 0 Å². The van der Waals surface area contributed by atoms with Crippen molar-refractivity contribution in [2.45, 2.75) is 17.7 Å². The number of anilines is 2. The van der Waals surface area contributed by atoms with Crippen LogP contribution in [-0.2, 0) is 14.8 Å². The molecule has 0 saturated carbocycles. The van der Waals surface area contributed by atoms with Crippen LogP contribution in [0.4, 0.5) is 11.4 Å². The van der Waals surface area contributed by atoms with Gasteiger partial charge in [0.25, 0.3) is 0 Å². The van der Waals surface area contributed by atoms with Crippen molar-refractivity contribution in [3.05, 3.63) is 18.2 Å². The molecule has 1 aromatic rings. The van der Waals surface area contributed by atoms with E-state index in [0.717, 1.165) is 5.69 Å². The zero-order chi connectivity index (χ0) is 14.9. The third-order valence-corrected chi connectivity index (χ3v) is 4.55. The molecule has 8 heteroatoms. The van der Waals surface area contributed by atoms with Crippen LogP contribution in [0, 0.1) is 5.92 Å². The van der Waals surface area contributed by atoms with E-state index in [2.05, 4.69) is 0 Å². The number of nitrogens with two attached hydrogens (primary N) is 3. The van der Waals surface area contributed by atoms with Crippen molar-refractivity contribution in [2.24, 2.45) is 16.8 Å². The van der Waals surface area contributed by atoms with E-state index in [0.29, 0.717) is 25.9 Å². The molecule has 0 unspecified atom stereocenters. The third-order valence-electron chi connectivity index (χ3n) is 3.56. The van der Waals surface area contributed by atoms with Gasteiger partial charge in [0.1, 0.15) is 4.90 Å². The minimum Gasteiger partial charge on any atom is -0.398 e. The first-order valence-electron chi connectivity index (χ1n) is 6.25. The molecule has 2 rings (SSSR count). The number of primary amides is 1. The van der Waals surface area contributed by atoms with Gasteiger partial charge in [-0.1, -0.05) is 0 Å². The highest BCUT2D eigenvalue weighted by atomic mass is 32.2. The summed E-state index contributed by atoms with van der Waals surface area (Å²) in [5.41, 5.74) is 12.0. The number of hydrogen-bond acceptors (Lipinski definition) is 5. The summed E-state index contributed by atoms with van der Waals surface area (Å²) in [6.45, 7) is 1.36. The van der Waals surface area contributed by atoms with Crippen molar-refractivity contribution in [1.29, 1.82) is 0 Å². The van der Waals surface area contributed by atoms with Gasteiger partial charge in [-0.15, -0.1) is 0 Å². The highest BCUT2D eigenvalue weighted by Gasteiger charge is 2.24. The first-order valence-corrected chi connectivity index (χ1v) is 7.80. The molecule has 6 N–H and O–H groups in total. The van der Waals surface area contributed by atoms with Crippen LogP contribution in [0.25, 0.3) is 0 Å². The van der Waals surface area contributed by atoms with Crippen molar-refractivity contribution in [3.8, 4) is 0 Å². The lowest BCUT2D eigenvalue weighted by Crippen LogP contribution is -2.38. The lowest BCUT2D eigenvalue weighted by molar-refractivity contribution is -0.122. The van der Waals surface area contributed by atoms with Gasteiger partial charge in [0.05, 0.1) is 5.69 Å². The summed E-state index contributed by atoms with van der Waals surface area (Å²) >= 11 is 0. The van der Waals surface area contributed by atoms with Gasteiger partial charge < -0.3 is 16.4 Å². The van der Waals surface area contributed by atoms with Gasteiger partial charge in [-0.05, 0) is 31.0 Å². The SMILES string of the molecule is NC(=O)C1CCN(c2ccc(S(N)(=O)=O)c(N)c2)CC1. The molecule has 1 heterocycles.